The summed E-state index contributed by atoms with van der Waals surface area (Å²) in [6, 6.07) is 3.10. The molecule has 3 N–H and O–H groups in total. The molecular weight excluding hydrogens is 569 g/mol. The Kier molecular flexibility index (Phi) is 18.6. The average molecular weight is 626 g/mol. The highest BCUT2D eigenvalue weighted by Crippen LogP contribution is 2.24. The summed E-state index contributed by atoms with van der Waals surface area (Å²) in [5.41, 5.74) is 3.74. The van der Waals surface area contributed by atoms with Crippen LogP contribution in [0.2, 0.25) is 0 Å². The van der Waals surface area contributed by atoms with E-state index in [1.807, 2.05) is 47.6 Å². The second kappa shape index (κ2) is 21.2. The molecule has 1 unspecified atom stereocenters. The molecule has 250 valence electrons. The summed E-state index contributed by atoms with van der Waals surface area (Å²) < 4.78 is 14.8. The standard InChI is InChI=1S/C30H40FN5O2.C4H10O.C2H6/c1-6-20(3)28(35-32-7-2)21(4)11-10-12-22(5)33-29(37)26-17-24-19-36(16-15-23(24)18-27(26)31)30(38)34-25-13-8-9-14-25;1-4(2)3-5;1-2/h7,10-12,17-18,20,25H,5-6,8-9,13-16,19H2,1-4H3,(H,33,37)(H,34,38);4-5H,3H2,1-2H3;1-2H3/b12-10-,21-11+,32-7-,35-28+;;. The van der Waals surface area contributed by atoms with Crippen LogP contribution < -0.4 is 10.6 Å². The van der Waals surface area contributed by atoms with Gasteiger partial charge in [0, 0.05) is 43.6 Å². The zero-order valence-corrected chi connectivity index (χ0v) is 28.8. The maximum absolute atomic E-state index is 14.8. The van der Waals surface area contributed by atoms with Gasteiger partial charge in [0.1, 0.15) is 5.82 Å². The van der Waals surface area contributed by atoms with Gasteiger partial charge in [0.2, 0.25) is 0 Å². The van der Waals surface area contributed by atoms with Gasteiger partial charge in [-0.2, -0.15) is 10.2 Å². The fourth-order valence-corrected chi connectivity index (χ4v) is 4.79. The van der Waals surface area contributed by atoms with Crippen molar-refractivity contribution in [3.63, 3.8) is 0 Å². The Hall–Kier alpha value is -3.59. The van der Waals surface area contributed by atoms with Crippen LogP contribution in [0.25, 0.3) is 0 Å². The van der Waals surface area contributed by atoms with E-state index in [0.29, 0.717) is 37.7 Å². The van der Waals surface area contributed by atoms with Crippen molar-refractivity contribution in [2.45, 2.75) is 107 Å². The molecule has 3 rings (SSSR count). The zero-order valence-electron chi connectivity index (χ0n) is 28.8. The smallest absolute Gasteiger partial charge is 0.317 e. The third-order valence-electron chi connectivity index (χ3n) is 7.56. The van der Waals surface area contributed by atoms with E-state index in [4.69, 9.17) is 5.11 Å². The highest BCUT2D eigenvalue weighted by atomic mass is 19.1. The van der Waals surface area contributed by atoms with Gasteiger partial charge in [0.05, 0.1) is 11.3 Å². The van der Waals surface area contributed by atoms with Crippen molar-refractivity contribution in [3.05, 3.63) is 70.7 Å². The molecule has 45 heavy (non-hydrogen) atoms. The summed E-state index contributed by atoms with van der Waals surface area (Å²) in [5.74, 6) is -0.464. The van der Waals surface area contributed by atoms with Crippen molar-refractivity contribution in [3.8, 4) is 0 Å². The Labute approximate surface area is 270 Å². The van der Waals surface area contributed by atoms with Gasteiger partial charge in [-0.3, -0.25) is 4.79 Å². The highest BCUT2D eigenvalue weighted by Gasteiger charge is 2.26. The van der Waals surface area contributed by atoms with Crippen molar-refractivity contribution >= 4 is 23.9 Å². The molecule has 1 aliphatic carbocycles. The number of amides is 3. The predicted molar refractivity (Wildman–Crippen MR) is 185 cm³/mol. The Morgan fingerprint density at radius 2 is 1.82 bits per heavy atom. The zero-order chi connectivity index (χ0) is 33.9. The largest absolute Gasteiger partial charge is 0.396 e. The van der Waals surface area contributed by atoms with Crippen LogP contribution in [0, 0.1) is 17.7 Å². The van der Waals surface area contributed by atoms with Gasteiger partial charge in [-0.1, -0.05) is 73.1 Å². The molecule has 0 aromatic heterocycles. The van der Waals surface area contributed by atoms with Gasteiger partial charge < -0.3 is 20.6 Å². The molecule has 1 saturated carbocycles. The van der Waals surface area contributed by atoms with Crippen LogP contribution in [0.1, 0.15) is 109 Å². The minimum Gasteiger partial charge on any atom is -0.396 e. The lowest BCUT2D eigenvalue weighted by Crippen LogP contribution is -2.46. The second-order valence-corrected chi connectivity index (χ2v) is 11.6. The van der Waals surface area contributed by atoms with E-state index in [0.717, 1.165) is 54.5 Å². The Balaban J connectivity index is 0.00000131. The van der Waals surface area contributed by atoms with Crippen LogP contribution in [0.4, 0.5) is 9.18 Å². The minimum atomic E-state index is -0.580. The normalized spacial score (nSPS) is 16.1. The van der Waals surface area contributed by atoms with Crippen LogP contribution in [-0.4, -0.2) is 53.1 Å². The number of fused-ring (bicyclic) bond motifs is 1. The van der Waals surface area contributed by atoms with Gasteiger partial charge in [-0.15, -0.1) is 0 Å². The fraction of sp³-hybridized carbons (Fsp3) is 0.556. The SMILES string of the molecule is C=C(\C=C/C=C(C)/C(=N/N=C\C)C(C)CC)NC(=O)c1cc2c(cc1F)CCN(C(=O)NC1CCCC1)C2.CC.CC(C)CO. The van der Waals surface area contributed by atoms with Crippen molar-refractivity contribution in [2.24, 2.45) is 22.0 Å². The van der Waals surface area contributed by atoms with Crippen LogP contribution >= 0.6 is 0 Å². The number of carbonyl (C=O) groups is 2. The molecule has 1 aromatic carbocycles. The number of halogens is 1. The quantitative estimate of drug-likeness (QED) is 0.141. The highest BCUT2D eigenvalue weighted by molar-refractivity contribution is 6.01. The molecule has 0 radical (unpaired) electrons. The van der Waals surface area contributed by atoms with Gasteiger partial charge in [0.25, 0.3) is 5.91 Å². The van der Waals surface area contributed by atoms with Crippen molar-refractivity contribution in [1.29, 1.82) is 0 Å². The molecule has 1 aliphatic heterocycles. The monoisotopic (exact) mass is 625 g/mol. The number of benzene rings is 1. The van der Waals surface area contributed by atoms with Crippen LogP contribution in [-0.2, 0) is 13.0 Å². The van der Waals surface area contributed by atoms with E-state index < -0.39 is 11.7 Å². The number of nitrogens with zero attached hydrogens (tertiary/aromatic N) is 3. The number of aliphatic hydroxyl groups excluding tert-OH is 1. The van der Waals surface area contributed by atoms with Crippen LogP contribution in [0.5, 0.6) is 0 Å². The molecule has 1 fully saturated rings. The van der Waals surface area contributed by atoms with E-state index >= 15 is 0 Å². The number of carbonyl (C=O) groups excluding carboxylic acids is 2. The number of nitrogens with one attached hydrogen (secondary N) is 2. The Morgan fingerprint density at radius 1 is 1.18 bits per heavy atom. The van der Waals surface area contributed by atoms with Gasteiger partial charge >= 0.3 is 6.03 Å². The van der Waals surface area contributed by atoms with Gasteiger partial charge in [-0.05, 0) is 80.4 Å². The minimum absolute atomic E-state index is 0.0632. The molecule has 2 aliphatic rings. The number of urea groups is 1. The van der Waals surface area contributed by atoms with Crippen molar-refractivity contribution in [1.82, 2.24) is 15.5 Å². The summed E-state index contributed by atoms with van der Waals surface area (Å²) >= 11 is 0. The van der Waals surface area contributed by atoms with E-state index in [1.54, 1.807) is 29.3 Å². The molecular formula is C36H56FN5O3. The lowest BCUT2D eigenvalue weighted by atomic mass is 9.96. The summed E-state index contributed by atoms with van der Waals surface area (Å²) in [4.78, 5) is 27.3. The average Bonchev–Trinajstić information content (AvgIpc) is 3.54. The first-order valence-electron chi connectivity index (χ1n) is 16.4. The molecule has 9 heteroatoms. The van der Waals surface area contributed by atoms with Crippen molar-refractivity contribution < 1.29 is 19.1 Å². The first kappa shape index (κ1) is 39.4. The number of rotatable bonds is 10. The van der Waals surface area contributed by atoms with E-state index in [2.05, 4.69) is 41.3 Å². The maximum Gasteiger partial charge on any atom is 0.317 e. The summed E-state index contributed by atoms with van der Waals surface area (Å²) in [5, 5.41) is 22.2. The number of aliphatic hydroxyl groups is 1. The van der Waals surface area contributed by atoms with Gasteiger partial charge in [0.15, 0.2) is 0 Å². The Morgan fingerprint density at radius 3 is 2.40 bits per heavy atom. The lowest BCUT2D eigenvalue weighted by Gasteiger charge is -2.30. The van der Waals surface area contributed by atoms with E-state index in [9.17, 15) is 14.0 Å². The Bertz CT molecular complexity index is 1230. The third-order valence-corrected chi connectivity index (χ3v) is 7.56. The lowest BCUT2D eigenvalue weighted by molar-refractivity contribution is 0.0963. The van der Waals surface area contributed by atoms with E-state index in [-0.39, 0.29) is 23.6 Å². The fourth-order valence-electron chi connectivity index (χ4n) is 4.79. The number of hydrogen-bond donors (Lipinski definition) is 3. The predicted octanol–water partition coefficient (Wildman–Crippen LogP) is 7.74. The van der Waals surface area contributed by atoms with Crippen molar-refractivity contribution in [2.75, 3.05) is 13.2 Å². The molecule has 1 atom stereocenters. The number of hydrogen-bond acceptors (Lipinski definition) is 5. The molecule has 8 nitrogen and oxygen atoms in total. The molecule has 0 spiro atoms. The molecule has 0 saturated heterocycles. The molecule has 1 aromatic rings. The molecule has 0 bridgehead atoms. The topological polar surface area (TPSA) is 106 Å². The number of allylic oxidation sites excluding steroid dienone is 4. The van der Waals surface area contributed by atoms with Crippen LogP contribution in [0.3, 0.4) is 0 Å². The molecule has 3 amide bonds. The van der Waals surface area contributed by atoms with E-state index in [1.165, 1.54) is 6.07 Å². The summed E-state index contributed by atoms with van der Waals surface area (Å²) in [7, 11) is 0. The summed E-state index contributed by atoms with van der Waals surface area (Å²) in [6.45, 7) is 21.0. The third kappa shape index (κ3) is 13.5. The van der Waals surface area contributed by atoms with Gasteiger partial charge in [-0.25, -0.2) is 9.18 Å². The van der Waals surface area contributed by atoms with Crippen LogP contribution in [0.15, 0.2) is 58.4 Å². The second-order valence-electron chi connectivity index (χ2n) is 11.6. The maximum atomic E-state index is 14.8. The first-order valence-corrected chi connectivity index (χ1v) is 16.4. The summed E-state index contributed by atoms with van der Waals surface area (Å²) in [6.07, 6.45) is 12.8. The molecule has 1 heterocycles. The first-order chi connectivity index (χ1) is 21.5.